The summed E-state index contributed by atoms with van der Waals surface area (Å²) in [6.07, 6.45) is -4.78. The first kappa shape index (κ1) is 28.9. The highest BCUT2D eigenvalue weighted by atomic mass is 32.2. The number of benzene rings is 4. The van der Waals surface area contributed by atoms with Gasteiger partial charge in [0, 0.05) is 29.7 Å². The second kappa shape index (κ2) is 11.2. The second-order valence-electron chi connectivity index (χ2n) is 10.9. The molecule has 4 aromatic carbocycles. The Bertz CT molecular complexity index is 1710. The smallest absolute Gasteiger partial charge is 0.416 e. The van der Waals surface area contributed by atoms with Gasteiger partial charge in [-0.05, 0) is 46.2 Å². The zero-order valence-corrected chi connectivity index (χ0v) is 23.6. The summed E-state index contributed by atoms with van der Waals surface area (Å²) in [7, 11) is 0. The van der Waals surface area contributed by atoms with Crippen LogP contribution in [0.4, 0.5) is 13.2 Å². The van der Waals surface area contributed by atoms with E-state index in [2.05, 4.69) is 5.32 Å². The molecule has 0 spiro atoms. The molecular weight excluding hydrogens is 577 g/mol. The Morgan fingerprint density at radius 1 is 0.884 bits per heavy atom. The van der Waals surface area contributed by atoms with E-state index in [1.807, 2.05) is 66.7 Å². The van der Waals surface area contributed by atoms with Gasteiger partial charge in [0.25, 0.3) is 0 Å². The molecular formula is C33H27F3N2O4S. The van der Waals surface area contributed by atoms with Crippen molar-refractivity contribution in [3.8, 4) is 0 Å². The number of nitrogens with zero attached hydrogens (tertiary/aromatic N) is 1. The zero-order valence-electron chi connectivity index (χ0n) is 22.8. The van der Waals surface area contributed by atoms with Crippen LogP contribution in [0.2, 0.25) is 0 Å². The van der Waals surface area contributed by atoms with Crippen molar-refractivity contribution in [2.24, 2.45) is 11.8 Å². The van der Waals surface area contributed by atoms with Gasteiger partial charge in [0.1, 0.15) is 5.54 Å². The van der Waals surface area contributed by atoms with Crippen molar-refractivity contribution >= 4 is 40.3 Å². The minimum atomic E-state index is -4.64. The summed E-state index contributed by atoms with van der Waals surface area (Å²) >= 11 is 1.45. The number of nitrogens with one attached hydrogen (secondary N) is 1. The average molecular weight is 605 g/mol. The number of alkyl halides is 3. The maximum absolute atomic E-state index is 14.0. The van der Waals surface area contributed by atoms with Crippen molar-refractivity contribution in [3.63, 3.8) is 0 Å². The summed E-state index contributed by atoms with van der Waals surface area (Å²) in [4.78, 5) is 43.1. The lowest BCUT2D eigenvalue weighted by atomic mass is 9.76. The summed E-state index contributed by atoms with van der Waals surface area (Å²) in [5, 5.41) is 15.6. The van der Waals surface area contributed by atoms with Gasteiger partial charge in [0.15, 0.2) is 0 Å². The molecule has 4 unspecified atom stereocenters. The summed E-state index contributed by atoms with van der Waals surface area (Å²) < 4.78 is 41.0. The molecule has 2 N–H and O–H groups in total. The van der Waals surface area contributed by atoms with Crippen LogP contribution >= 0.6 is 11.8 Å². The number of carbonyl (C=O) groups is 3. The molecule has 0 bridgehead atoms. The molecule has 4 aromatic rings. The predicted octanol–water partition coefficient (Wildman–Crippen LogP) is 5.96. The van der Waals surface area contributed by atoms with Crippen LogP contribution < -0.4 is 5.32 Å². The van der Waals surface area contributed by atoms with Crippen LogP contribution in [0.15, 0.2) is 102 Å². The van der Waals surface area contributed by atoms with E-state index in [-0.39, 0.29) is 18.5 Å². The third kappa shape index (κ3) is 5.29. The van der Waals surface area contributed by atoms with E-state index in [0.29, 0.717) is 11.3 Å². The third-order valence-electron chi connectivity index (χ3n) is 8.32. The van der Waals surface area contributed by atoms with Crippen LogP contribution in [-0.2, 0) is 27.0 Å². The van der Waals surface area contributed by atoms with E-state index in [9.17, 15) is 32.7 Å². The number of imide groups is 1. The van der Waals surface area contributed by atoms with Gasteiger partial charge in [-0.25, -0.2) is 0 Å². The first-order chi connectivity index (χ1) is 20.6. The number of halogens is 3. The second-order valence-corrected chi connectivity index (χ2v) is 12.0. The van der Waals surface area contributed by atoms with Crippen LogP contribution in [0, 0.1) is 11.8 Å². The third-order valence-corrected chi connectivity index (χ3v) is 9.32. The number of carboxylic acid groups (broad SMARTS) is 1. The number of carboxylic acids is 1. The van der Waals surface area contributed by atoms with Crippen molar-refractivity contribution in [1.82, 2.24) is 10.2 Å². The van der Waals surface area contributed by atoms with Crippen molar-refractivity contribution in [1.29, 1.82) is 0 Å². The van der Waals surface area contributed by atoms with Crippen LogP contribution in [0.5, 0.6) is 0 Å². The highest BCUT2D eigenvalue weighted by Gasteiger charge is 2.68. The van der Waals surface area contributed by atoms with Crippen molar-refractivity contribution < 1.29 is 32.7 Å². The highest BCUT2D eigenvalue weighted by Crippen LogP contribution is 2.50. The number of aliphatic carboxylic acids is 1. The monoisotopic (exact) mass is 604 g/mol. The SMILES string of the molecule is O=C1C2C(c3cccc(C(F)(F)F)c3)NC(Cc3ccc4ccccc4c3)(C(=O)O)C2C(=O)N1CCSc1ccccc1. The molecule has 4 atom stereocenters. The van der Waals surface area contributed by atoms with Crippen molar-refractivity contribution in [3.05, 3.63) is 114 Å². The number of hydrogen-bond acceptors (Lipinski definition) is 5. The minimum Gasteiger partial charge on any atom is -0.480 e. The highest BCUT2D eigenvalue weighted by molar-refractivity contribution is 7.99. The fourth-order valence-electron chi connectivity index (χ4n) is 6.36. The first-order valence-corrected chi connectivity index (χ1v) is 14.8. The van der Waals surface area contributed by atoms with Crippen molar-refractivity contribution in [2.45, 2.75) is 29.1 Å². The van der Waals surface area contributed by atoms with Gasteiger partial charge in [-0.1, -0.05) is 72.8 Å². The van der Waals surface area contributed by atoms with Crippen molar-refractivity contribution in [2.75, 3.05) is 12.3 Å². The van der Waals surface area contributed by atoms with Crippen LogP contribution in [0.25, 0.3) is 10.8 Å². The van der Waals surface area contributed by atoms with Gasteiger partial charge in [-0.3, -0.25) is 24.6 Å². The van der Waals surface area contributed by atoms with Crippen LogP contribution in [-0.4, -0.2) is 45.6 Å². The Kier molecular flexibility index (Phi) is 7.52. The lowest BCUT2D eigenvalue weighted by molar-refractivity contribution is -0.151. The Balaban J connectivity index is 1.39. The number of amides is 2. The standard InChI is InChI=1S/C33H27F3N2O4S/c34-33(35,36)24-10-6-9-23(18-24)28-26-27(30(40)38(29(26)39)15-16-43-25-11-2-1-3-12-25)32(37-28,31(41)42)19-20-13-14-21-7-4-5-8-22(21)17-20/h1-14,17-18,26-28,37H,15-16,19H2,(H,41,42). The fourth-order valence-corrected chi connectivity index (χ4v) is 7.21. The molecule has 2 saturated heterocycles. The molecule has 220 valence electrons. The normalized spacial score (nSPS) is 23.6. The van der Waals surface area contributed by atoms with E-state index in [0.717, 1.165) is 32.7 Å². The Morgan fingerprint density at radius 2 is 1.60 bits per heavy atom. The summed E-state index contributed by atoms with van der Waals surface area (Å²) in [6, 6.07) is 25.8. The number of thioether (sulfide) groups is 1. The molecule has 6 nitrogen and oxygen atoms in total. The van der Waals surface area contributed by atoms with Gasteiger partial charge in [-0.2, -0.15) is 13.2 Å². The predicted molar refractivity (Wildman–Crippen MR) is 156 cm³/mol. The van der Waals surface area contributed by atoms with Gasteiger partial charge < -0.3 is 5.11 Å². The summed E-state index contributed by atoms with van der Waals surface area (Å²) in [5.74, 6) is -4.67. The lowest BCUT2D eigenvalue weighted by Crippen LogP contribution is -2.57. The van der Waals surface area contributed by atoms with Crippen LogP contribution in [0.1, 0.15) is 22.7 Å². The number of fused-ring (bicyclic) bond motifs is 2. The van der Waals surface area contributed by atoms with Gasteiger partial charge in [0.05, 0.1) is 17.4 Å². The van der Waals surface area contributed by atoms with Gasteiger partial charge in [0.2, 0.25) is 11.8 Å². The zero-order chi connectivity index (χ0) is 30.4. The average Bonchev–Trinajstić information content (AvgIpc) is 3.47. The molecule has 0 aromatic heterocycles. The minimum absolute atomic E-state index is 0.0468. The summed E-state index contributed by atoms with van der Waals surface area (Å²) in [5.41, 5.74) is -2.12. The fraction of sp³-hybridized carbons (Fsp3) is 0.242. The van der Waals surface area contributed by atoms with E-state index in [4.69, 9.17) is 0 Å². The van der Waals surface area contributed by atoms with Gasteiger partial charge >= 0.3 is 12.1 Å². The molecule has 2 heterocycles. The lowest BCUT2D eigenvalue weighted by Gasteiger charge is -2.31. The Labute approximate surface area is 249 Å². The van der Waals surface area contributed by atoms with E-state index in [1.54, 1.807) is 6.07 Å². The van der Waals surface area contributed by atoms with Gasteiger partial charge in [-0.15, -0.1) is 11.8 Å². The molecule has 2 aliphatic rings. The molecule has 0 radical (unpaired) electrons. The molecule has 0 aliphatic carbocycles. The molecule has 10 heteroatoms. The Hall–Kier alpha value is -4.15. The largest absolute Gasteiger partial charge is 0.480 e. The molecule has 0 saturated carbocycles. The topological polar surface area (TPSA) is 86.7 Å². The maximum atomic E-state index is 14.0. The number of carbonyl (C=O) groups excluding carboxylic acids is 2. The molecule has 2 amide bonds. The summed E-state index contributed by atoms with van der Waals surface area (Å²) in [6.45, 7) is 0.0468. The first-order valence-electron chi connectivity index (χ1n) is 13.8. The quantitative estimate of drug-likeness (QED) is 0.191. The number of likely N-dealkylation sites (tertiary alicyclic amines) is 1. The number of hydrogen-bond donors (Lipinski definition) is 2. The van der Waals surface area contributed by atoms with Crippen LogP contribution in [0.3, 0.4) is 0 Å². The number of rotatable bonds is 8. The molecule has 43 heavy (non-hydrogen) atoms. The molecule has 6 rings (SSSR count). The maximum Gasteiger partial charge on any atom is 0.416 e. The molecule has 2 fully saturated rings. The Morgan fingerprint density at radius 3 is 2.33 bits per heavy atom. The van der Waals surface area contributed by atoms with E-state index >= 15 is 0 Å². The molecule has 2 aliphatic heterocycles. The van der Waals surface area contributed by atoms with E-state index in [1.165, 1.54) is 23.9 Å². The van der Waals surface area contributed by atoms with E-state index < -0.39 is 52.9 Å².